The van der Waals surface area contributed by atoms with E-state index < -0.39 is 0 Å². The molecule has 0 saturated heterocycles. The molecule has 0 heterocycles. The Kier molecular flexibility index (Phi) is 4.92. The van der Waals surface area contributed by atoms with Gasteiger partial charge in [-0.2, -0.15) is 0 Å². The molecule has 2 nitrogen and oxygen atoms in total. The molecule has 0 fully saturated rings. The minimum absolute atomic E-state index is 0.0213. The van der Waals surface area contributed by atoms with Crippen molar-refractivity contribution in [3.8, 4) is 0 Å². The lowest BCUT2D eigenvalue weighted by atomic mass is 9.83. The van der Waals surface area contributed by atoms with Crippen molar-refractivity contribution in [1.82, 2.24) is 0 Å². The van der Waals surface area contributed by atoms with E-state index >= 15 is 0 Å². The molecular weight excluding hydrogens is 272 g/mol. The maximum atomic E-state index is 12.5. The number of hydrogen-bond acceptors (Lipinski definition) is 2. The molecule has 0 aromatic heterocycles. The van der Waals surface area contributed by atoms with Gasteiger partial charge in [0, 0.05) is 23.0 Å². The Hall–Kier alpha value is -2.22. The molecular formula is C20H22O2. The van der Waals surface area contributed by atoms with Gasteiger partial charge in [-0.25, -0.2) is 0 Å². The van der Waals surface area contributed by atoms with Crippen LogP contribution in [0, 0.1) is 25.7 Å². The largest absolute Gasteiger partial charge is 0.294 e. The average molecular weight is 294 g/mol. The van der Waals surface area contributed by atoms with Crippen LogP contribution in [0.4, 0.5) is 0 Å². The molecule has 114 valence electrons. The van der Waals surface area contributed by atoms with E-state index in [-0.39, 0.29) is 23.4 Å². The molecule has 0 aliphatic rings. The smallest absolute Gasteiger partial charge is 0.166 e. The molecule has 0 spiro atoms. The first-order valence-corrected chi connectivity index (χ1v) is 7.62. The second-order valence-corrected chi connectivity index (χ2v) is 6.04. The summed E-state index contributed by atoms with van der Waals surface area (Å²) >= 11 is 0. The first-order valence-electron chi connectivity index (χ1n) is 7.62. The van der Waals surface area contributed by atoms with Crippen LogP contribution in [0.25, 0.3) is 0 Å². The van der Waals surface area contributed by atoms with Gasteiger partial charge in [-0.1, -0.05) is 73.5 Å². The summed E-state index contributed by atoms with van der Waals surface area (Å²) in [6, 6.07) is 15.0. The summed E-state index contributed by atoms with van der Waals surface area (Å²) in [5.74, 6) is -0.631. The highest BCUT2D eigenvalue weighted by atomic mass is 16.1. The number of aryl methyl sites for hydroxylation is 2. The summed E-state index contributed by atoms with van der Waals surface area (Å²) in [5.41, 5.74) is 3.57. The summed E-state index contributed by atoms with van der Waals surface area (Å²) in [6.45, 7) is 7.64. The van der Waals surface area contributed by atoms with Gasteiger partial charge in [0.15, 0.2) is 11.6 Å². The van der Waals surface area contributed by atoms with Crippen molar-refractivity contribution in [1.29, 1.82) is 0 Å². The Bertz CT molecular complexity index is 604. The molecule has 22 heavy (non-hydrogen) atoms. The van der Waals surface area contributed by atoms with E-state index in [1.165, 1.54) is 0 Å². The second-order valence-electron chi connectivity index (χ2n) is 6.04. The van der Waals surface area contributed by atoms with Crippen LogP contribution in [0.5, 0.6) is 0 Å². The fraction of sp³-hybridized carbons (Fsp3) is 0.300. The van der Waals surface area contributed by atoms with Crippen molar-refractivity contribution in [3.05, 3.63) is 70.8 Å². The zero-order chi connectivity index (χ0) is 16.3. The fourth-order valence-corrected chi connectivity index (χ4v) is 2.42. The van der Waals surface area contributed by atoms with Gasteiger partial charge >= 0.3 is 0 Å². The summed E-state index contributed by atoms with van der Waals surface area (Å²) in [7, 11) is 0. The van der Waals surface area contributed by atoms with Crippen LogP contribution in [-0.4, -0.2) is 11.6 Å². The van der Waals surface area contributed by atoms with E-state index in [2.05, 4.69) is 0 Å². The SMILES string of the molecule is Cc1ccc(C(=O)[C@@H](C)[C@@H](C)C(=O)c2ccc(C)cc2)cc1. The number of hydrogen-bond donors (Lipinski definition) is 0. The van der Waals surface area contributed by atoms with E-state index in [4.69, 9.17) is 0 Å². The monoisotopic (exact) mass is 294 g/mol. The molecule has 2 aromatic rings. The van der Waals surface area contributed by atoms with Crippen molar-refractivity contribution in [3.63, 3.8) is 0 Å². The van der Waals surface area contributed by atoms with Crippen molar-refractivity contribution in [2.24, 2.45) is 11.8 Å². The third-order valence-electron chi connectivity index (χ3n) is 4.25. The normalized spacial score (nSPS) is 13.5. The topological polar surface area (TPSA) is 34.1 Å². The van der Waals surface area contributed by atoms with Crippen molar-refractivity contribution >= 4 is 11.6 Å². The van der Waals surface area contributed by atoms with Crippen LogP contribution in [0.15, 0.2) is 48.5 Å². The number of ketones is 2. The molecule has 0 bridgehead atoms. The lowest BCUT2D eigenvalue weighted by Crippen LogP contribution is -2.26. The summed E-state index contributed by atoms with van der Waals surface area (Å²) in [5, 5.41) is 0. The van der Waals surface area contributed by atoms with E-state index in [0.29, 0.717) is 11.1 Å². The van der Waals surface area contributed by atoms with Crippen LogP contribution in [0.2, 0.25) is 0 Å². The van der Waals surface area contributed by atoms with Crippen LogP contribution in [0.3, 0.4) is 0 Å². The van der Waals surface area contributed by atoms with Gasteiger partial charge in [-0.15, -0.1) is 0 Å². The molecule has 0 aliphatic carbocycles. The minimum Gasteiger partial charge on any atom is -0.294 e. The first-order chi connectivity index (χ1) is 10.4. The highest BCUT2D eigenvalue weighted by molar-refractivity contribution is 6.04. The quantitative estimate of drug-likeness (QED) is 0.753. The number of carbonyl (C=O) groups is 2. The number of carbonyl (C=O) groups excluding carboxylic acids is 2. The minimum atomic E-state index is -0.337. The number of benzene rings is 2. The fourth-order valence-electron chi connectivity index (χ4n) is 2.42. The zero-order valence-electron chi connectivity index (χ0n) is 13.6. The third kappa shape index (κ3) is 3.51. The lowest BCUT2D eigenvalue weighted by molar-refractivity contribution is 0.0794. The van der Waals surface area contributed by atoms with Crippen molar-refractivity contribution < 1.29 is 9.59 Å². The van der Waals surface area contributed by atoms with Gasteiger partial charge in [0.05, 0.1) is 0 Å². The van der Waals surface area contributed by atoms with Crippen molar-refractivity contribution in [2.75, 3.05) is 0 Å². The molecule has 2 rings (SSSR count). The molecule has 0 aliphatic heterocycles. The molecule has 0 unspecified atom stereocenters. The summed E-state index contributed by atoms with van der Waals surface area (Å²) < 4.78 is 0. The lowest BCUT2D eigenvalue weighted by Gasteiger charge is -2.18. The van der Waals surface area contributed by atoms with Crippen LogP contribution in [-0.2, 0) is 0 Å². The van der Waals surface area contributed by atoms with Gasteiger partial charge in [-0.3, -0.25) is 9.59 Å². The molecule has 0 saturated carbocycles. The average Bonchev–Trinajstić information content (AvgIpc) is 2.53. The Labute approximate surface area is 132 Å². The van der Waals surface area contributed by atoms with E-state index in [0.717, 1.165) is 11.1 Å². The third-order valence-corrected chi connectivity index (χ3v) is 4.25. The molecule has 2 aromatic carbocycles. The predicted octanol–water partition coefficient (Wildman–Crippen LogP) is 4.64. The maximum Gasteiger partial charge on any atom is 0.166 e. The van der Waals surface area contributed by atoms with Gasteiger partial charge in [-0.05, 0) is 13.8 Å². The summed E-state index contributed by atoms with van der Waals surface area (Å²) in [4.78, 5) is 25.1. The van der Waals surface area contributed by atoms with E-state index in [1.54, 1.807) is 0 Å². The van der Waals surface area contributed by atoms with Crippen LogP contribution in [0.1, 0.15) is 45.7 Å². The van der Waals surface area contributed by atoms with Crippen LogP contribution < -0.4 is 0 Å². The van der Waals surface area contributed by atoms with Crippen LogP contribution >= 0.6 is 0 Å². The Morgan fingerprint density at radius 2 is 0.909 bits per heavy atom. The molecule has 0 N–H and O–H groups in total. The van der Waals surface area contributed by atoms with Gasteiger partial charge in [0.25, 0.3) is 0 Å². The second kappa shape index (κ2) is 6.69. The predicted molar refractivity (Wildman–Crippen MR) is 89.3 cm³/mol. The van der Waals surface area contributed by atoms with Gasteiger partial charge in [0.2, 0.25) is 0 Å². The molecule has 2 heteroatoms. The maximum absolute atomic E-state index is 12.5. The van der Waals surface area contributed by atoms with Gasteiger partial charge < -0.3 is 0 Å². The Balaban J connectivity index is 2.15. The summed E-state index contributed by atoms with van der Waals surface area (Å²) in [6.07, 6.45) is 0. The highest BCUT2D eigenvalue weighted by Crippen LogP contribution is 2.22. The number of rotatable bonds is 5. The first kappa shape index (κ1) is 16.2. The van der Waals surface area contributed by atoms with E-state index in [9.17, 15) is 9.59 Å². The molecule has 2 atom stereocenters. The number of Topliss-reactive ketones (excluding diaryl/α,β-unsaturated/α-hetero) is 2. The Morgan fingerprint density at radius 1 is 0.636 bits per heavy atom. The standard InChI is InChI=1S/C20H22O2/c1-13-5-9-17(10-6-13)19(21)15(3)16(4)20(22)18-11-7-14(2)8-12-18/h5-12,15-16H,1-4H3/t15-,16+. The van der Waals surface area contributed by atoms with E-state index in [1.807, 2.05) is 76.2 Å². The van der Waals surface area contributed by atoms with Gasteiger partial charge in [0.1, 0.15) is 0 Å². The Morgan fingerprint density at radius 3 is 1.18 bits per heavy atom. The molecule has 0 amide bonds. The highest BCUT2D eigenvalue weighted by Gasteiger charge is 2.27. The zero-order valence-corrected chi connectivity index (χ0v) is 13.6. The van der Waals surface area contributed by atoms with Crippen molar-refractivity contribution in [2.45, 2.75) is 27.7 Å². The molecule has 0 radical (unpaired) electrons.